The summed E-state index contributed by atoms with van der Waals surface area (Å²) in [7, 11) is 0.438. The maximum Gasteiger partial charge on any atom is 0.241 e. The van der Waals surface area contributed by atoms with E-state index in [0.717, 1.165) is 13.0 Å². The summed E-state index contributed by atoms with van der Waals surface area (Å²) in [5, 5.41) is 0. The van der Waals surface area contributed by atoms with Crippen LogP contribution in [0.5, 0.6) is 0 Å². The molecule has 0 spiro atoms. The molecule has 0 aliphatic carbocycles. The quantitative estimate of drug-likeness (QED) is 0.394. The van der Waals surface area contributed by atoms with Gasteiger partial charge in [0.15, 0.2) is 0 Å². The van der Waals surface area contributed by atoms with E-state index in [4.69, 9.17) is 5.84 Å². The molecule has 0 bridgehead atoms. The number of rotatable bonds is 7. The summed E-state index contributed by atoms with van der Waals surface area (Å²) in [6, 6.07) is 3.45. The summed E-state index contributed by atoms with van der Waals surface area (Å²) in [5.41, 5.74) is 4.59. The van der Waals surface area contributed by atoms with E-state index < -0.39 is 10.0 Å². The van der Waals surface area contributed by atoms with Crippen LogP contribution >= 0.6 is 0 Å². The Balaban J connectivity index is 2.87. The predicted molar refractivity (Wildman–Crippen MR) is 82.1 cm³/mol. The summed E-state index contributed by atoms with van der Waals surface area (Å²) >= 11 is 0. The van der Waals surface area contributed by atoms with Gasteiger partial charge in [-0.25, -0.2) is 13.1 Å². The molecule has 114 valence electrons. The number of aryl methyl sites for hydroxylation is 2. The van der Waals surface area contributed by atoms with E-state index in [1.165, 1.54) is 0 Å². The van der Waals surface area contributed by atoms with Gasteiger partial charge in [-0.1, -0.05) is 0 Å². The lowest BCUT2D eigenvalue weighted by atomic mass is 10.1. The molecule has 0 heterocycles. The van der Waals surface area contributed by atoms with Crippen LogP contribution in [0.15, 0.2) is 17.0 Å². The Kier molecular flexibility index (Phi) is 5.94. The van der Waals surface area contributed by atoms with Gasteiger partial charge in [0.25, 0.3) is 0 Å². The number of nitrogens with two attached hydrogens (primary N) is 1. The molecule has 0 saturated carbocycles. The molecule has 1 rings (SSSR count). The van der Waals surface area contributed by atoms with Crippen molar-refractivity contribution in [3.63, 3.8) is 0 Å². The number of nitrogens with zero attached hydrogens (tertiary/aromatic N) is 1. The highest BCUT2D eigenvalue weighted by Gasteiger charge is 2.19. The van der Waals surface area contributed by atoms with Gasteiger partial charge in [0.1, 0.15) is 0 Å². The third kappa shape index (κ3) is 4.45. The maximum atomic E-state index is 12.3. The first kappa shape index (κ1) is 16.9. The molecule has 7 heteroatoms. The molecule has 20 heavy (non-hydrogen) atoms. The van der Waals surface area contributed by atoms with E-state index in [1.54, 1.807) is 26.0 Å². The number of nitrogens with one attached hydrogen (secondary N) is 2. The highest BCUT2D eigenvalue weighted by atomic mass is 32.2. The van der Waals surface area contributed by atoms with Gasteiger partial charge in [0.05, 0.1) is 4.90 Å². The van der Waals surface area contributed by atoms with E-state index in [2.05, 4.69) is 10.1 Å². The fourth-order valence-corrected chi connectivity index (χ4v) is 3.65. The first-order valence-corrected chi connectivity index (χ1v) is 7.98. The van der Waals surface area contributed by atoms with E-state index in [-0.39, 0.29) is 0 Å². The number of hydrogen-bond acceptors (Lipinski definition) is 5. The number of benzene rings is 1. The molecule has 6 nitrogen and oxygen atoms in total. The first-order valence-electron chi connectivity index (χ1n) is 6.50. The number of nitrogen functional groups attached to an aromatic ring is 1. The highest BCUT2D eigenvalue weighted by Crippen LogP contribution is 2.23. The molecule has 0 aromatic heterocycles. The lowest BCUT2D eigenvalue weighted by Gasteiger charge is -2.14. The molecule has 0 radical (unpaired) electrons. The van der Waals surface area contributed by atoms with Crippen molar-refractivity contribution in [2.75, 3.05) is 32.6 Å². The zero-order chi connectivity index (χ0) is 15.3. The summed E-state index contributed by atoms with van der Waals surface area (Å²) in [6.45, 7) is 4.80. The number of sulfonamides is 1. The van der Waals surface area contributed by atoms with Crippen LogP contribution in [0.25, 0.3) is 0 Å². The smallest absolute Gasteiger partial charge is 0.241 e. The standard InChI is InChI=1S/C13H24N4O2S/c1-10-8-12(16-14)9-11(2)13(10)20(18,19)15-6-5-7-17(3)4/h8-9,15-16H,5-7,14H2,1-4H3. The number of anilines is 1. The van der Waals surface area contributed by atoms with Gasteiger partial charge in [0.2, 0.25) is 10.0 Å². The van der Waals surface area contributed by atoms with Gasteiger partial charge in [-0.2, -0.15) is 0 Å². The van der Waals surface area contributed by atoms with Gasteiger partial charge in [-0.3, -0.25) is 5.84 Å². The molecule has 0 saturated heterocycles. The third-order valence-corrected chi connectivity index (χ3v) is 4.74. The Morgan fingerprint density at radius 2 is 1.75 bits per heavy atom. The molecule has 0 aliphatic heterocycles. The zero-order valence-corrected chi connectivity index (χ0v) is 13.3. The maximum absolute atomic E-state index is 12.3. The average molecular weight is 300 g/mol. The monoisotopic (exact) mass is 300 g/mol. The number of hydrogen-bond donors (Lipinski definition) is 3. The summed E-state index contributed by atoms with van der Waals surface area (Å²) in [6.07, 6.45) is 0.771. The van der Waals surface area contributed by atoms with E-state index in [1.807, 2.05) is 19.0 Å². The Labute approximate surface area is 121 Å². The van der Waals surface area contributed by atoms with Crippen LogP contribution in [0.1, 0.15) is 17.5 Å². The van der Waals surface area contributed by atoms with Gasteiger partial charge < -0.3 is 10.3 Å². The van der Waals surface area contributed by atoms with Crippen LogP contribution in [0, 0.1) is 13.8 Å². The Hall–Kier alpha value is -1.15. The molecular weight excluding hydrogens is 276 g/mol. The Morgan fingerprint density at radius 1 is 1.20 bits per heavy atom. The van der Waals surface area contributed by atoms with Crippen molar-refractivity contribution in [1.82, 2.24) is 9.62 Å². The molecule has 1 aromatic carbocycles. The van der Waals surface area contributed by atoms with E-state index >= 15 is 0 Å². The average Bonchev–Trinajstić information content (AvgIpc) is 2.33. The van der Waals surface area contributed by atoms with Crippen molar-refractivity contribution in [2.45, 2.75) is 25.2 Å². The fraction of sp³-hybridized carbons (Fsp3) is 0.538. The van der Waals surface area contributed by atoms with Crippen molar-refractivity contribution < 1.29 is 8.42 Å². The Bertz CT molecular complexity index is 532. The normalized spacial score (nSPS) is 11.9. The fourth-order valence-electron chi connectivity index (χ4n) is 2.13. The highest BCUT2D eigenvalue weighted by molar-refractivity contribution is 7.89. The number of hydrazine groups is 1. The molecular formula is C13H24N4O2S. The molecule has 1 aromatic rings. The lowest BCUT2D eigenvalue weighted by Crippen LogP contribution is -2.28. The second kappa shape index (κ2) is 7.03. The van der Waals surface area contributed by atoms with Crippen LogP contribution in [0.4, 0.5) is 5.69 Å². The third-order valence-electron chi connectivity index (χ3n) is 2.97. The Morgan fingerprint density at radius 3 is 2.20 bits per heavy atom. The molecule has 0 amide bonds. The minimum atomic E-state index is -3.48. The van der Waals surface area contributed by atoms with Crippen LogP contribution in [0.2, 0.25) is 0 Å². The topological polar surface area (TPSA) is 87.5 Å². The second-order valence-corrected chi connectivity index (χ2v) is 6.84. The molecule has 0 aliphatic rings. The zero-order valence-electron chi connectivity index (χ0n) is 12.5. The van der Waals surface area contributed by atoms with Crippen molar-refractivity contribution >= 4 is 15.7 Å². The van der Waals surface area contributed by atoms with Gasteiger partial charge in [-0.05, 0) is 64.2 Å². The summed E-state index contributed by atoms with van der Waals surface area (Å²) in [5.74, 6) is 5.35. The van der Waals surface area contributed by atoms with Crippen LogP contribution in [-0.4, -0.2) is 40.5 Å². The minimum absolute atomic E-state index is 0.335. The van der Waals surface area contributed by atoms with Crippen LogP contribution < -0.4 is 16.0 Å². The first-order chi connectivity index (χ1) is 9.27. The van der Waals surface area contributed by atoms with Gasteiger partial charge in [-0.15, -0.1) is 0 Å². The van der Waals surface area contributed by atoms with E-state index in [0.29, 0.717) is 28.3 Å². The van der Waals surface area contributed by atoms with Crippen molar-refractivity contribution in [3.05, 3.63) is 23.3 Å². The molecule has 0 fully saturated rings. The molecule has 4 N–H and O–H groups in total. The molecule has 0 unspecified atom stereocenters. The lowest BCUT2D eigenvalue weighted by molar-refractivity contribution is 0.400. The summed E-state index contributed by atoms with van der Waals surface area (Å²) in [4.78, 5) is 2.35. The minimum Gasteiger partial charge on any atom is -0.324 e. The van der Waals surface area contributed by atoms with Crippen LogP contribution in [-0.2, 0) is 10.0 Å². The van der Waals surface area contributed by atoms with Crippen molar-refractivity contribution in [1.29, 1.82) is 0 Å². The largest absolute Gasteiger partial charge is 0.324 e. The van der Waals surface area contributed by atoms with Crippen molar-refractivity contribution in [3.8, 4) is 0 Å². The predicted octanol–water partition coefficient (Wildman–Crippen LogP) is 0.819. The van der Waals surface area contributed by atoms with Gasteiger partial charge in [0, 0.05) is 12.2 Å². The second-order valence-electron chi connectivity index (χ2n) is 5.14. The van der Waals surface area contributed by atoms with Crippen LogP contribution in [0.3, 0.4) is 0 Å². The SMILES string of the molecule is Cc1cc(NN)cc(C)c1S(=O)(=O)NCCCN(C)C. The van der Waals surface area contributed by atoms with Crippen molar-refractivity contribution in [2.24, 2.45) is 5.84 Å². The molecule has 0 atom stereocenters. The van der Waals surface area contributed by atoms with E-state index in [9.17, 15) is 8.42 Å². The summed E-state index contributed by atoms with van der Waals surface area (Å²) < 4.78 is 27.3. The van der Waals surface area contributed by atoms with Gasteiger partial charge >= 0.3 is 0 Å².